The molecule has 5 aliphatic carbocycles. The van der Waals surface area contributed by atoms with Crippen molar-refractivity contribution in [2.75, 3.05) is 7.11 Å². The maximum atomic E-state index is 13.3. The number of rotatable bonds is 3. The average molecular weight is 467 g/mol. The molecule has 0 bridgehead atoms. The zero-order valence-corrected chi connectivity index (χ0v) is 23.4. The molecule has 4 saturated carbocycles. The molecule has 0 aliphatic heterocycles. The molecule has 0 amide bonds. The Morgan fingerprint density at radius 2 is 1.68 bits per heavy atom. The number of carbonyl (C=O) groups excluding carboxylic acids is 1. The molecule has 0 N–H and O–H groups in total. The third kappa shape index (κ3) is 2.78. The molecule has 0 aromatic carbocycles. The number of carbonyl (C=O) groups is 1. The van der Waals surface area contributed by atoms with E-state index in [1.807, 2.05) is 0 Å². The van der Waals surface area contributed by atoms with E-state index in [9.17, 15) is 4.79 Å². The summed E-state index contributed by atoms with van der Waals surface area (Å²) in [6.07, 6.45) is 14.2. The van der Waals surface area contributed by atoms with Crippen LogP contribution >= 0.6 is 0 Å². The normalized spacial score (nSPS) is 51.5. The second-order valence-corrected chi connectivity index (χ2v) is 14.5. The van der Waals surface area contributed by atoms with Crippen LogP contribution in [-0.2, 0) is 9.53 Å². The van der Waals surface area contributed by atoms with E-state index in [1.54, 1.807) is 7.11 Å². The van der Waals surface area contributed by atoms with Gasteiger partial charge in [0.05, 0.1) is 7.11 Å². The number of ether oxygens (including phenoxy) is 1. The van der Waals surface area contributed by atoms with Crippen LogP contribution in [0.5, 0.6) is 0 Å². The van der Waals surface area contributed by atoms with E-state index >= 15 is 0 Å². The smallest absolute Gasteiger partial charge is 0.202 e. The summed E-state index contributed by atoms with van der Waals surface area (Å²) in [5.74, 6) is 4.16. The van der Waals surface area contributed by atoms with Crippen LogP contribution in [0.1, 0.15) is 106 Å². The van der Waals surface area contributed by atoms with Crippen molar-refractivity contribution < 1.29 is 9.53 Å². The van der Waals surface area contributed by atoms with Gasteiger partial charge in [-0.3, -0.25) is 4.79 Å². The molecule has 0 spiro atoms. The van der Waals surface area contributed by atoms with Crippen molar-refractivity contribution in [3.63, 3.8) is 0 Å². The summed E-state index contributed by atoms with van der Waals surface area (Å²) < 4.78 is 5.72. The van der Waals surface area contributed by atoms with Gasteiger partial charge in [-0.05, 0) is 116 Å². The van der Waals surface area contributed by atoms with Gasteiger partial charge in [0.1, 0.15) is 0 Å². The maximum absolute atomic E-state index is 13.3. The lowest BCUT2D eigenvalue weighted by Crippen LogP contribution is -2.65. The van der Waals surface area contributed by atoms with Crippen LogP contribution in [-0.4, -0.2) is 12.9 Å². The molecule has 4 fully saturated rings. The second-order valence-electron chi connectivity index (χ2n) is 14.5. The zero-order valence-electron chi connectivity index (χ0n) is 23.4. The van der Waals surface area contributed by atoms with Gasteiger partial charge >= 0.3 is 0 Å². The number of allylic oxidation sites excluding steroid dienone is 3. The molecule has 9 atom stereocenters. The van der Waals surface area contributed by atoms with Crippen molar-refractivity contribution in [1.29, 1.82) is 0 Å². The molecule has 0 unspecified atom stereocenters. The van der Waals surface area contributed by atoms with Crippen LogP contribution in [0.15, 0.2) is 24.0 Å². The van der Waals surface area contributed by atoms with Crippen LogP contribution in [0.4, 0.5) is 0 Å². The first kappa shape index (κ1) is 24.6. The summed E-state index contributed by atoms with van der Waals surface area (Å²) in [7, 11) is 1.69. The van der Waals surface area contributed by atoms with Gasteiger partial charge in [-0.2, -0.15) is 0 Å². The lowest BCUT2D eigenvalue weighted by atomic mass is 9.33. The molecule has 34 heavy (non-hydrogen) atoms. The molecular formula is C32H50O2. The Labute approximate surface area is 209 Å². The molecule has 0 radical (unpaired) electrons. The highest BCUT2D eigenvalue weighted by molar-refractivity contribution is 5.99. The Morgan fingerprint density at radius 3 is 2.29 bits per heavy atom. The van der Waals surface area contributed by atoms with Gasteiger partial charge in [-0.15, -0.1) is 0 Å². The van der Waals surface area contributed by atoms with Crippen molar-refractivity contribution in [3.05, 3.63) is 24.0 Å². The number of Topliss-reactive ketones (excluding diaryl/α,β-unsaturated/α-hetero) is 1. The molecular weight excluding hydrogens is 416 g/mol. The van der Waals surface area contributed by atoms with Crippen LogP contribution < -0.4 is 0 Å². The lowest BCUT2D eigenvalue weighted by Gasteiger charge is -2.71. The lowest BCUT2D eigenvalue weighted by molar-refractivity contribution is -0.219. The molecule has 5 rings (SSSR count). The molecule has 5 aliphatic rings. The number of hydrogen-bond donors (Lipinski definition) is 0. The van der Waals surface area contributed by atoms with E-state index < -0.39 is 0 Å². The van der Waals surface area contributed by atoms with Gasteiger partial charge in [0.2, 0.25) is 5.78 Å². The number of methoxy groups -OCH3 is 1. The highest BCUT2D eigenvalue weighted by Crippen LogP contribution is 2.77. The van der Waals surface area contributed by atoms with Gasteiger partial charge < -0.3 is 4.74 Å². The highest BCUT2D eigenvalue weighted by Gasteiger charge is 2.70. The molecule has 2 nitrogen and oxygen atoms in total. The minimum Gasteiger partial charge on any atom is -0.493 e. The predicted octanol–water partition coefficient (Wildman–Crippen LogP) is 8.37. The number of fused-ring (bicyclic) bond motifs is 7. The van der Waals surface area contributed by atoms with Crippen molar-refractivity contribution >= 4 is 5.78 Å². The van der Waals surface area contributed by atoms with Gasteiger partial charge in [0.25, 0.3) is 0 Å². The summed E-state index contributed by atoms with van der Waals surface area (Å²) in [5, 5.41) is 0. The largest absolute Gasteiger partial charge is 0.493 e. The zero-order chi connectivity index (χ0) is 24.9. The highest BCUT2D eigenvalue weighted by atomic mass is 16.5. The minimum atomic E-state index is -0.353. The summed E-state index contributed by atoms with van der Waals surface area (Å²) in [4.78, 5) is 13.3. The van der Waals surface area contributed by atoms with E-state index in [0.29, 0.717) is 39.8 Å². The number of ketones is 1. The van der Waals surface area contributed by atoms with Crippen molar-refractivity contribution in [1.82, 2.24) is 0 Å². The Balaban J connectivity index is 1.60. The third-order valence-electron chi connectivity index (χ3n) is 13.5. The fraction of sp³-hybridized carbons (Fsp3) is 0.844. The van der Waals surface area contributed by atoms with E-state index in [1.165, 1.54) is 56.9 Å². The van der Waals surface area contributed by atoms with E-state index in [2.05, 4.69) is 61.1 Å². The van der Waals surface area contributed by atoms with E-state index in [-0.39, 0.29) is 16.6 Å². The Morgan fingerprint density at radius 1 is 0.971 bits per heavy atom. The Hall–Kier alpha value is -1.05. The van der Waals surface area contributed by atoms with Gasteiger partial charge in [0, 0.05) is 5.41 Å². The first-order valence-corrected chi connectivity index (χ1v) is 14.3. The standard InChI is InChI=1S/C32H50O2/c1-10-32-16-13-21(20(2)3)26(32)22-11-12-25-29(6)19-23(34-9)27(33)28(4,5)24(29)14-15-31(25,8)30(22,7)17-18-32/h19,21-22,24-26H,2,10-18H2,1,3-9H3/t21-,22+,24-,25+,26+,29-,30+,31+,32+/m0/s1. The number of hydrogen-bond acceptors (Lipinski definition) is 2. The minimum absolute atomic E-state index is 0.0203. The predicted molar refractivity (Wildman–Crippen MR) is 140 cm³/mol. The Bertz CT molecular complexity index is 927. The summed E-state index contributed by atoms with van der Waals surface area (Å²) in [6.45, 7) is 21.5. The molecule has 0 saturated heterocycles. The third-order valence-corrected chi connectivity index (χ3v) is 13.5. The van der Waals surface area contributed by atoms with Crippen LogP contribution in [0, 0.1) is 56.7 Å². The van der Waals surface area contributed by atoms with Crippen molar-refractivity contribution in [3.8, 4) is 0 Å². The SMILES string of the molecule is C=C(C)[C@@H]1CC[C@]2(CC)CC[C@]3(C)[C@H](CC[C@@H]4[C@@]5(C)C=C(OC)C(=O)C(C)(C)[C@@H]5CC[C@]43C)[C@@H]12. The van der Waals surface area contributed by atoms with Crippen molar-refractivity contribution in [2.24, 2.45) is 56.7 Å². The quantitative estimate of drug-likeness (QED) is 0.390. The monoisotopic (exact) mass is 466 g/mol. The fourth-order valence-corrected chi connectivity index (χ4v) is 11.5. The van der Waals surface area contributed by atoms with Gasteiger partial charge in [0.15, 0.2) is 5.76 Å². The molecule has 0 heterocycles. The molecule has 2 heteroatoms. The Kier molecular flexibility index (Phi) is 5.42. The van der Waals surface area contributed by atoms with Crippen LogP contribution in [0.2, 0.25) is 0 Å². The second kappa shape index (κ2) is 7.48. The molecule has 0 aromatic heterocycles. The topological polar surface area (TPSA) is 26.3 Å². The molecule has 190 valence electrons. The average Bonchev–Trinajstić information content (AvgIpc) is 3.17. The van der Waals surface area contributed by atoms with E-state index in [0.717, 1.165) is 18.3 Å². The first-order valence-electron chi connectivity index (χ1n) is 14.3. The summed E-state index contributed by atoms with van der Waals surface area (Å²) in [6, 6.07) is 0. The van der Waals surface area contributed by atoms with Gasteiger partial charge in [-0.1, -0.05) is 60.1 Å². The maximum Gasteiger partial charge on any atom is 0.202 e. The van der Waals surface area contributed by atoms with Crippen LogP contribution in [0.3, 0.4) is 0 Å². The van der Waals surface area contributed by atoms with E-state index in [4.69, 9.17) is 4.74 Å². The summed E-state index contributed by atoms with van der Waals surface area (Å²) >= 11 is 0. The fourth-order valence-electron chi connectivity index (χ4n) is 11.5. The molecule has 0 aromatic rings. The van der Waals surface area contributed by atoms with Crippen molar-refractivity contribution in [2.45, 2.75) is 106 Å². The first-order chi connectivity index (χ1) is 15.8. The van der Waals surface area contributed by atoms with Crippen LogP contribution in [0.25, 0.3) is 0 Å². The van der Waals surface area contributed by atoms with Gasteiger partial charge in [-0.25, -0.2) is 0 Å². The summed E-state index contributed by atoms with van der Waals surface area (Å²) in [5.41, 5.74) is 2.31.